The molecule has 0 atom stereocenters. The Bertz CT molecular complexity index is 743. The molecule has 0 aromatic carbocycles. The fraction of sp³-hybridized carbons (Fsp3) is 0.500. The number of terminal acetylenes is 1. The molecule has 3 rings (SSSR count). The van der Waals surface area contributed by atoms with Gasteiger partial charge in [0.25, 0.3) is 0 Å². The first kappa shape index (κ1) is 16.1. The molecule has 2 aromatic heterocycles. The number of nitrogens with two attached hydrogens (primary N) is 1. The van der Waals surface area contributed by atoms with Crippen LogP contribution in [-0.2, 0) is 0 Å². The minimum atomic E-state index is 0.00939. The van der Waals surface area contributed by atoms with E-state index < -0.39 is 0 Å². The van der Waals surface area contributed by atoms with Gasteiger partial charge in [-0.3, -0.25) is 0 Å². The Morgan fingerprint density at radius 3 is 2.75 bits per heavy atom. The van der Waals surface area contributed by atoms with E-state index >= 15 is 0 Å². The standard InChI is InChI=1S/C16H20N6O2/c1-4-12-13(17)18-9-19-15(12)23-11-5-7-22(8-6-11)16-20-14(10(2)3)21-24-16/h1,9-11H,5-8H2,2-3H3,(H2,17,18,19). The third kappa shape index (κ3) is 3.25. The lowest BCUT2D eigenvalue weighted by atomic mass is 10.1. The molecule has 2 aromatic rings. The molecule has 126 valence electrons. The molecule has 2 N–H and O–H groups in total. The van der Waals surface area contributed by atoms with Crippen LogP contribution in [0.5, 0.6) is 5.88 Å². The quantitative estimate of drug-likeness (QED) is 0.844. The second-order valence-corrected chi connectivity index (χ2v) is 5.98. The highest BCUT2D eigenvalue weighted by Crippen LogP contribution is 2.25. The Balaban J connectivity index is 1.61. The summed E-state index contributed by atoms with van der Waals surface area (Å²) in [7, 11) is 0. The van der Waals surface area contributed by atoms with Crippen molar-refractivity contribution in [3.8, 4) is 18.2 Å². The first-order chi connectivity index (χ1) is 11.6. The van der Waals surface area contributed by atoms with Gasteiger partial charge in [0.05, 0.1) is 0 Å². The Morgan fingerprint density at radius 1 is 1.38 bits per heavy atom. The van der Waals surface area contributed by atoms with Gasteiger partial charge in [-0.25, -0.2) is 9.97 Å². The van der Waals surface area contributed by atoms with Crippen molar-refractivity contribution in [1.29, 1.82) is 0 Å². The molecule has 1 aliphatic heterocycles. The second-order valence-electron chi connectivity index (χ2n) is 5.98. The smallest absolute Gasteiger partial charge is 0.324 e. The van der Waals surface area contributed by atoms with E-state index in [9.17, 15) is 0 Å². The monoisotopic (exact) mass is 328 g/mol. The SMILES string of the molecule is C#Cc1c(N)ncnc1OC1CCN(c2nc(C(C)C)no2)CC1. The Kier molecular flexibility index (Phi) is 4.51. The summed E-state index contributed by atoms with van der Waals surface area (Å²) in [6, 6.07) is 0.563. The molecule has 0 saturated carbocycles. The number of nitrogens with zero attached hydrogens (tertiary/aromatic N) is 5. The van der Waals surface area contributed by atoms with E-state index in [1.165, 1.54) is 6.33 Å². The number of nitrogen functional groups attached to an aromatic ring is 1. The number of piperidine rings is 1. The molecule has 1 aliphatic rings. The Hall–Kier alpha value is -2.82. The molecule has 0 unspecified atom stereocenters. The van der Waals surface area contributed by atoms with E-state index in [-0.39, 0.29) is 17.8 Å². The molecule has 0 spiro atoms. The maximum atomic E-state index is 5.92. The zero-order valence-electron chi connectivity index (χ0n) is 13.8. The molecule has 24 heavy (non-hydrogen) atoms. The third-order valence-electron chi connectivity index (χ3n) is 3.92. The van der Waals surface area contributed by atoms with Gasteiger partial charge in [0, 0.05) is 31.8 Å². The van der Waals surface area contributed by atoms with Crippen LogP contribution in [0.25, 0.3) is 0 Å². The number of rotatable bonds is 4. The summed E-state index contributed by atoms with van der Waals surface area (Å²) in [5, 5.41) is 4.00. The van der Waals surface area contributed by atoms with Crippen molar-refractivity contribution in [2.75, 3.05) is 23.7 Å². The van der Waals surface area contributed by atoms with Crippen LogP contribution in [0.15, 0.2) is 10.9 Å². The van der Waals surface area contributed by atoms with Gasteiger partial charge < -0.3 is 19.9 Å². The van der Waals surface area contributed by atoms with Crippen LogP contribution < -0.4 is 15.4 Å². The van der Waals surface area contributed by atoms with E-state index in [0.29, 0.717) is 17.5 Å². The van der Waals surface area contributed by atoms with Crippen LogP contribution in [0.1, 0.15) is 44.0 Å². The first-order valence-electron chi connectivity index (χ1n) is 7.90. The summed E-state index contributed by atoms with van der Waals surface area (Å²) < 4.78 is 11.3. The lowest BCUT2D eigenvalue weighted by Gasteiger charge is -2.30. The van der Waals surface area contributed by atoms with Crippen LogP contribution in [0.4, 0.5) is 11.8 Å². The van der Waals surface area contributed by atoms with Crippen molar-refractivity contribution < 1.29 is 9.26 Å². The zero-order valence-corrected chi connectivity index (χ0v) is 13.8. The largest absolute Gasteiger partial charge is 0.473 e. The molecule has 8 heteroatoms. The maximum Gasteiger partial charge on any atom is 0.324 e. The molecule has 8 nitrogen and oxygen atoms in total. The summed E-state index contributed by atoms with van der Waals surface area (Å²) in [4.78, 5) is 14.5. The van der Waals surface area contributed by atoms with Crippen molar-refractivity contribution in [3.05, 3.63) is 17.7 Å². The van der Waals surface area contributed by atoms with Crippen molar-refractivity contribution in [3.63, 3.8) is 0 Å². The normalized spacial score (nSPS) is 15.5. The van der Waals surface area contributed by atoms with Gasteiger partial charge in [0.1, 0.15) is 23.8 Å². The molecule has 3 heterocycles. The highest BCUT2D eigenvalue weighted by molar-refractivity contribution is 5.54. The van der Waals surface area contributed by atoms with Crippen LogP contribution >= 0.6 is 0 Å². The highest BCUT2D eigenvalue weighted by atomic mass is 16.5. The lowest BCUT2D eigenvalue weighted by Crippen LogP contribution is -2.38. The summed E-state index contributed by atoms with van der Waals surface area (Å²) in [6.45, 7) is 5.59. The third-order valence-corrected chi connectivity index (χ3v) is 3.92. The minimum absolute atomic E-state index is 0.00939. The minimum Gasteiger partial charge on any atom is -0.473 e. The molecule has 1 saturated heterocycles. The van der Waals surface area contributed by atoms with E-state index in [0.717, 1.165) is 31.8 Å². The Morgan fingerprint density at radius 2 is 2.12 bits per heavy atom. The van der Waals surface area contributed by atoms with Crippen LogP contribution in [0.3, 0.4) is 0 Å². The number of hydrogen-bond donors (Lipinski definition) is 1. The average Bonchev–Trinajstić information content (AvgIpc) is 3.06. The maximum absolute atomic E-state index is 5.92. The van der Waals surface area contributed by atoms with Gasteiger partial charge in [-0.05, 0) is 0 Å². The van der Waals surface area contributed by atoms with Crippen molar-refractivity contribution in [2.24, 2.45) is 0 Å². The fourth-order valence-corrected chi connectivity index (χ4v) is 2.52. The van der Waals surface area contributed by atoms with Crippen molar-refractivity contribution >= 4 is 11.8 Å². The molecular weight excluding hydrogens is 308 g/mol. The van der Waals surface area contributed by atoms with Gasteiger partial charge in [-0.1, -0.05) is 24.9 Å². The molecule has 0 amide bonds. The summed E-state index contributed by atoms with van der Waals surface area (Å²) >= 11 is 0. The number of ether oxygens (including phenoxy) is 1. The van der Waals surface area contributed by atoms with Crippen LogP contribution in [0.2, 0.25) is 0 Å². The van der Waals surface area contributed by atoms with Gasteiger partial charge in [-0.15, -0.1) is 6.42 Å². The van der Waals surface area contributed by atoms with E-state index in [2.05, 4.69) is 30.9 Å². The second kappa shape index (κ2) is 6.74. The predicted molar refractivity (Wildman–Crippen MR) is 88.6 cm³/mol. The number of aromatic nitrogens is 4. The lowest BCUT2D eigenvalue weighted by molar-refractivity contribution is 0.161. The molecular formula is C16H20N6O2. The first-order valence-corrected chi connectivity index (χ1v) is 7.90. The summed E-state index contributed by atoms with van der Waals surface area (Å²) in [5.41, 5.74) is 6.15. The summed E-state index contributed by atoms with van der Waals surface area (Å²) in [6.07, 6.45) is 8.42. The molecule has 0 aliphatic carbocycles. The highest BCUT2D eigenvalue weighted by Gasteiger charge is 2.25. The molecule has 1 fully saturated rings. The van der Waals surface area contributed by atoms with E-state index in [4.69, 9.17) is 21.4 Å². The van der Waals surface area contributed by atoms with Crippen LogP contribution in [-0.4, -0.2) is 39.3 Å². The predicted octanol–water partition coefficient (Wildman–Crippen LogP) is 1.59. The number of anilines is 2. The van der Waals surface area contributed by atoms with Gasteiger partial charge in [0.15, 0.2) is 5.82 Å². The number of hydrogen-bond acceptors (Lipinski definition) is 8. The fourth-order valence-electron chi connectivity index (χ4n) is 2.52. The Labute approximate surface area is 140 Å². The van der Waals surface area contributed by atoms with Gasteiger partial charge >= 0.3 is 6.01 Å². The van der Waals surface area contributed by atoms with E-state index in [1.807, 2.05) is 13.8 Å². The molecule has 0 bridgehead atoms. The topological polar surface area (TPSA) is 103 Å². The van der Waals surface area contributed by atoms with Crippen LogP contribution in [0, 0.1) is 12.3 Å². The van der Waals surface area contributed by atoms with Crippen molar-refractivity contribution in [1.82, 2.24) is 20.1 Å². The zero-order chi connectivity index (χ0) is 17.1. The van der Waals surface area contributed by atoms with Gasteiger partial charge in [0.2, 0.25) is 5.88 Å². The van der Waals surface area contributed by atoms with Crippen molar-refractivity contribution in [2.45, 2.75) is 38.7 Å². The summed E-state index contributed by atoms with van der Waals surface area (Å²) in [5.74, 6) is 4.07. The molecule has 0 radical (unpaired) electrons. The van der Waals surface area contributed by atoms with E-state index in [1.54, 1.807) is 0 Å². The van der Waals surface area contributed by atoms with Gasteiger partial charge in [-0.2, -0.15) is 4.98 Å². The average molecular weight is 328 g/mol.